The van der Waals surface area contributed by atoms with Crippen molar-refractivity contribution in [3.8, 4) is 0 Å². The molecule has 2 heterocycles. The van der Waals surface area contributed by atoms with Crippen LogP contribution in [-0.4, -0.2) is 57.5 Å². The number of hydrogen-bond donors (Lipinski definition) is 1. The van der Waals surface area contributed by atoms with Gasteiger partial charge < -0.3 is 14.8 Å². The third kappa shape index (κ3) is 5.34. The van der Waals surface area contributed by atoms with Gasteiger partial charge >= 0.3 is 5.97 Å². The van der Waals surface area contributed by atoms with Gasteiger partial charge in [-0.15, -0.1) is 11.3 Å². The van der Waals surface area contributed by atoms with E-state index in [0.717, 1.165) is 4.88 Å². The summed E-state index contributed by atoms with van der Waals surface area (Å²) in [7, 11) is -3.82. The van der Waals surface area contributed by atoms with Crippen molar-refractivity contribution in [2.24, 2.45) is 0 Å². The van der Waals surface area contributed by atoms with Crippen molar-refractivity contribution < 1.29 is 27.5 Å². The minimum absolute atomic E-state index is 0.0500. The number of esters is 1. The number of aryl methyl sites for hydroxylation is 1. The van der Waals surface area contributed by atoms with Crippen LogP contribution >= 0.6 is 22.9 Å². The number of benzene rings is 1. The summed E-state index contributed by atoms with van der Waals surface area (Å²) in [4.78, 5) is 25.3. The number of morpholine rings is 1. The molecule has 0 atom stereocenters. The molecule has 11 heteroatoms. The van der Waals surface area contributed by atoms with Crippen molar-refractivity contribution in [1.82, 2.24) is 4.31 Å². The Morgan fingerprint density at radius 1 is 1.24 bits per heavy atom. The maximum absolute atomic E-state index is 12.8. The van der Waals surface area contributed by atoms with E-state index >= 15 is 0 Å². The van der Waals surface area contributed by atoms with E-state index < -0.39 is 28.5 Å². The normalized spacial score (nSPS) is 15.1. The van der Waals surface area contributed by atoms with Crippen LogP contribution in [0.25, 0.3) is 0 Å². The molecule has 0 bridgehead atoms. The lowest BCUT2D eigenvalue weighted by molar-refractivity contribution is -0.119. The van der Waals surface area contributed by atoms with Gasteiger partial charge in [0, 0.05) is 23.7 Å². The molecule has 0 spiro atoms. The molecule has 1 aliphatic rings. The summed E-state index contributed by atoms with van der Waals surface area (Å²) in [5.74, 6) is -1.19. The molecule has 1 amide bonds. The number of hydrogen-bond acceptors (Lipinski definition) is 7. The fourth-order valence-electron chi connectivity index (χ4n) is 2.65. The minimum Gasteiger partial charge on any atom is -0.451 e. The Balaban J connectivity index is 1.66. The zero-order valence-electron chi connectivity index (χ0n) is 15.5. The van der Waals surface area contributed by atoms with Crippen LogP contribution in [0.15, 0.2) is 35.2 Å². The quantitative estimate of drug-likeness (QED) is 0.667. The van der Waals surface area contributed by atoms with Crippen LogP contribution in [0.1, 0.15) is 14.5 Å². The monoisotopic (exact) mass is 458 g/mol. The Bertz CT molecular complexity index is 1020. The molecule has 2 aromatic rings. The third-order valence-electron chi connectivity index (χ3n) is 4.08. The molecular formula is C18H19ClN2O6S2. The number of sulfonamides is 1. The number of carbonyl (C=O) groups excluding carboxylic acids is 2. The van der Waals surface area contributed by atoms with Crippen molar-refractivity contribution in [1.29, 1.82) is 0 Å². The number of rotatable bonds is 6. The lowest BCUT2D eigenvalue weighted by Gasteiger charge is -2.26. The highest BCUT2D eigenvalue weighted by Crippen LogP contribution is 2.28. The first-order valence-electron chi connectivity index (χ1n) is 8.68. The number of thiophene rings is 1. The van der Waals surface area contributed by atoms with Crippen LogP contribution in [0.4, 0.5) is 5.69 Å². The van der Waals surface area contributed by atoms with Gasteiger partial charge in [0.2, 0.25) is 10.0 Å². The zero-order chi connectivity index (χ0) is 21.0. The highest BCUT2D eigenvalue weighted by atomic mass is 35.5. The van der Waals surface area contributed by atoms with Crippen molar-refractivity contribution in [3.05, 3.63) is 45.1 Å². The van der Waals surface area contributed by atoms with Crippen LogP contribution in [-0.2, 0) is 24.3 Å². The maximum Gasteiger partial charge on any atom is 0.348 e. The Morgan fingerprint density at radius 3 is 2.62 bits per heavy atom. The van der Waals surface area contributed by atoms with Gasteiger partial charge in [0.25, 0.3) is 5.91 Å². The summed E-state index contributed by atoms with van der Waals surface area (Å²) < 4.78 is 37.1. The first kappa shape index (κ1) is 21.7. The number of nitrogens with zero attached hydrogens (tertiary/aromatic N) is 1. The standard InChI is InChI=1S/C18H19ClN2O6S2/c1-12-2-5-15(28-12)18(23)27-11-17(22)20-13-3-4-14(19)16(10-13)29(24,25)21-6-8-26-9-7-21/h2-5,10H,6-9,11H2,1H3,(H,20,22). The first-order valence-corrected chi connectivity index (χ1v) is 11.3. The van der Waals surface area contributed by atoms with Crippen molar-refractivity contribution >= 4 is 50.5 Å². The molecule has 0 saturated carbocycles. The van der Waals surface area contributed by atoms with E-state index in [1.807, 2.05) is 6.92 Å². The molecule has 1 aromatic carbocycles. The number of ether oxygens (including phenoxy) is 2. The molecule has 0 radical (unpaired) electrons. The Labute approximate surface area is 177 Å². The predicted molar refractivity (Wildman–Crippen MR) is 109 cm³/mol. The number of carbonyl (C=O) groups is 2. The lowest BCUT2D eigenvalue weighted by Crippen LogP contribution is -2.40. The SMILES string of the molecule is Cc1ccc(C(=O)OCC(=O)Nc2ccc(Cl)c(S(=O)(=O)N3CCOCC3)c2)s1. The molecule has 156 valence electrons. The molecule has 1 aromatic heterocycles. The Kier molecular flexibility index (Phi) is 6.91. The Morgan fingerprint density at radius 2 is 1.97 bits per heavy atom. The number of anilines is 1. The second kappa shape index (κ2) is 9.23. The molecule has 1 saturated heterocycles. The van der Waals surface area contributed by atoms with Gasteiger partial charge in [-0.25, -0.2) is 13.2 Å². The number of nitrogens with one attached hydrogen (secondary N) is 1. The van der Waals surface area contributed by atoms with E-state index in [4.69, 9.17) is 21.1 Å². The van der Waals surface area contributed by atoms with Gasteiger partial charge in [0.05, 0.1) is 18.2 Å². The minimum atomic E-state index is -3.82. The molecule has 1 N–H and O–H groups in total. The van der Waals surface area contributed by atoms with Crippen molar-refractivity contribution in [2.45, 2.75) is 11.8 Å². The van der Waals surface area contributed by atoms with Crippen LogP contribution in [0.2, 0.25) is 5.02 Å². The smallest absolute Gasteiger partial charge is 0.348 e. The molecule has 0 unspecified atom stereocenters. The second-order valence-corrected chi connectivity index (χ2v) is 9.80. The summed E-state index contributed by atoms with van der Waals surface area (Å²) in [6.45, 7) is 2.44. The number of halogens is 1. The van der Waals surface area contributed by atoms with E-state index in [-0.39, 0.29) is 28.7 Å². The van der Waals surface area contributed by atoms with Gasteiger partial charge in [-0.1, -0.05) is 11.6 Å². The first-order chi connectivity index (χ1) is 13.8. The van der Waals surface area contributed by atoms with Crippen LogP contribution in [0.5, 0.6) is 0 Å². The van der Waals surface area contributed by atoms with Crippen LogP contribution in [0.3, 0.4) is 0 Å². The van der Waals surface area contributed by atoms with Crippen LogP contribution in [0, 0.1) is 6.92 Å². The van der Waals surface area contributed by atoms with Gasteiger partial charge in [0.15, 0.2) is 6.61 Å². The fourth-order valence-corrected chi connectivity index (χ4v) is 5.32. The van der Waals surface area contributed by atoms with Gasteiger partial charge in [0.1, 0.15) is 9.77 Å². The summed E-state index contributed by atoms with van der Waals surface area (Å²) in [5, 5.41) is 2.57. The van der Waals surface area contributed by atoms with E-state index in [2.05, 4.69) is 5.32 Å². The molecule has 29 heavy (non-hydrogen) atoms. The predicted octanol–water partition coefficient (Wildman–Crippen LogP) is 2.53. The topological polar surface area (TPSA) is 102 Å². The van der Waals surface area contributed by atoms with Gasteiger partial charge in [-0.3, -0.25) is 4.79 Å². The van der Waals surface area contributed by atoms with E-state index in [1.165, 1.54) is 33.8 Å². The third-order valence-corrected chi connectivity index (χ3v) is 7.44. The fraction of sp³-hybridized carbons (Fsp3) is 0.333. The summed E-state index contributed by atoms with van der Waals surface area (Å²) in [5.41, 5.74) is 0.231. The molecule has 8 nitrogen and oxygen atoms in total. The summed E-state index contributed by atoms with van der Waals surface area (Å²) >= 11 is 7.36. The average molecular weight is 459 g/mol. The van der Waals surface area contributed by atoms with E-state index in [1.54, 1.807) is 12.1 Å². The lowest BCUT2D eigenvalue weighted by atomic mass is 10.3. The highest BCUT2D eigenvalue weighted by molar-refractivity contribution is 7.89. The Hall–Kier alpha value is -1.98. The maximum atomic E-state index is 12.8. The van der Waals surface area contributed by atoms with Crippen LogP contribution < -0.4 is 5.32 Å². The van der Waals surface area contributed by atoms with Gasteiger partial charge in [-0.2, -0.15) is 4.31 Å². The average Bonchev–Trinajstić information content (AvgIpc) is 3.14. The van der Waals surface area contributed by atoms with E-state index in [0.29, 0.717) is 18.1 Å². The van der Waals surface area contributed by atoms with Crippen molar-refractivity contribution in [3.63, 3.8) is 0 Å². The second-order valence-electron chi connectivity index (χ2n) is 6.20. The number of amides is 1. The van der Waals surface area contributed by atoms with Crippen molar-refractivity contribution in [2.75, 3.05) is 38.2 Å². The molecule has 1 fully saturated rings. The van der Waals surface area contributed by atoms with Gasteiger partial charge in [-0.05, 0) is 37.3 Å². The zero-order valence-corrected chi connectivity index (χ0v) is 17.9. The summed E-state index contributed by atoms with van der Waals surface area (Å²) in [6, 6.07) is 7.57. The largest absolute Gasteiger partial charge is 0.451 e. The highest BCUT2D eigenvalue weighted by Gasteiger charge is 2.28. The molecular weight excluding hydrogens is 440 g/mol. The summed E-state index contributed by atoms with van der Waals surface area (Å²) in [6.07, 6.45) is 0. The van der Waals surface area contributed by atoms with E-state index in [9.17, 15) is 18.0 Å². The molecule has 3 rings (SSSR count). The molecule has 0 aliphatic carbocycles. The molecule has 1 aliphatic heterocycles.